The van der Waals surface area contributed by atoms with Crippen molar-refractivity contribution in [2.24, 2.45) is 0 Å². The van der Waals surface area contributed by atoms with Crippen molar-refractivity contribution in [1.29, 1.82) is 0 Å². The van der Waals surface area contributed by atoms with Crippen LogP contribution < -0.4 is 10.1 Å². The molecule has 0 heterocycles. The number of aliphatic hydroxyl groups is 1. The molecule has 0 saturated heterocycles. The number of benzene rings is 2. The summed E-state index contributed by atoms with van der Waals surface area (Å²) in [5.41, 5.74) is 2.19. The van der Waals surface area contributed by atoms with Gasteiger partial charge < -0.3 is 20.1 Å². The minimum Gasteiger partial charge on any atom is -0.491 e. The van der Waals surface area contributed by atoms with Crippen LogP contribution in [0.2, 0.25) is 5.02 Å². The van der Waals surface area contributed by atoms with Gasteiger partial charge in [-0.2, -0.15) is 0 Å². The summed E-state index contributed by atoms with van der Waals surface area (Å²) in [5.74, 6) is 0.748. The smallest absolute Gasteiger partial charge is 0.119 e. The molecule has 5 heteroatoms. The Balaban J connectivity index is 1.86. The molecule has 2 aromatic rings. The predicted molar refractivity (Wildman–Crippen MR) is 100.0 cm³/mol. The Morgan fingerprint density at radius 2 is 1.71 bits per heavy atom. The first-order chi connectivity index (χ1) is 11.4. The van der Waals surface area contributed by atoms with Crippen LogP contribution in [0.4, 0.5) is 5.69 Å². The third kappa shape index (κ3) is 6.04. The molecule has 0 bridgehead atoms. The molecule has 4 nitrogen and oxygen atoms in total. The maximum atomic E-state index is 9.81. The van der Waals surface area contributed by atoms with Gasteiger partial charge >= 0.3 is 0 Å². The molecule has 0 aliphatic carbocycles. The summed E-state index contributed by atoms with van der Waals surface area (Å²) >= 11 is 5.92. The summed E-state index contributed by atoms with van der Waals surface area (Å²) in [6.45, 7) is 2.97. The van der Waals surface area contributed by atoms with Gasteiger partial charge in [0, 0.05) is 23.3 Å². The first-order valence-electron chi connectivity index (χ1n) is 8.01. The lowest BCUT2D eigenvalue weighted by Crippen LogP contribution is -2.30. The molecule has 0 saturated carbocycles. The fourth-order valence-corrected chi connectivity index (χ4v) is 2.52. The van der Waals surface area contributed by atoms with Crippen LogP contribution in [-0.2, 0) is 0 Å². The molecule has 0 aromatic heterocycles. The highest BCUT2D eigenvalue weighted by molar-refractivity contribution is 6.30. The topological polar surface area (TPSA) is 44.7 Å². The van der Waals surface area contributed by atoms with Crippen molar-refractivity contribution >= 4 is 17.3 Å². The summed E-state index contributed by atoms with van der Waals surface area (Å²) in [4.78, 5) is 1.93. The van der Waals surface area contributed by atoms with E-state index in [1.165, 1.54) is 5.56 Å². The number of likely N-dealkylation sites (N-methyl/N-ethyl adjacent to an activating group) is 1. The number of nitrogens with zero attached hydrogens (tertiary/aromatic N) is 1. The minimum atomic E-state index is -0.497. The van der Waals surface area contributed by atoms with E-state index in [1.54, 1.807) is 0 Å². The zero-order valence-electron chi connectivity index (χ0n) is 14.4. The number of anilines is 1. The molecule has 2 rings (SSSR count). The van der Waals surface area contributed by atoms with E-state index in [2.05, 4.69) is 12.2 Å². The Labute approximate surface area is 149 Å². The number of rotatable bonds is 8. The van der Waals surface area contributed by atoms with Crippen LogP contribution in [0.15, 0.2) is 48.5 Å². The van der Waals surface area contributed by atoms with Gasteiger partial charge in [0.05, 0.1) is 0 Å². The molecule has 2 unspecified atom stereocenters. The summed E-state index contributed by atoms with van der Waals surface area (Å²) in [6, 6.07) is 15.7. The molecular formula is C19H25ClN2O2. The quantitative estimate of drug-likeness (QED) is 0.761. The van der Waals surface area contributed by atoms with E-state index in [9.17, 15) is 5.11 Å². The second kappa shape index (κ2) is 8.92. The average Bonchev–Trinajstić information content (AvgIpc) is 2.54. The van der Waals surface area contributed by atoms with Crippen molar-refractivity contribution in [1.82, 2.24) is 4.90 Å². The fraction of sp³-hybridized carbons (Fsp3) is 0.368. The summed E-state index contributed by atoms with van der Waals surface area (Å²) in [5, 5.41) is 14.0. The molecule has 2 aromatic carbocycles. The number of hydrogen-bond donors (Lipinski definition) is 2. The number of ether oxygens (including phenoxy) is 1. The molecule has 0 spiro atoms. The van der Waals surface area contributed by atoms with Gasteiger partial charge in [0.25, 0.3) is 0 Å². The minimum absolute atomic E-state index is 0.177. The van der Waals surface area contributed by atoms with Crippen LogP contribution in [0.25, 0.3) is 0 Å². The highest BCUT2D eigenvalue weighted by Gasteiger charge is 2.08. The van der Waals surface area contributed by atoms with Crippen LogP contribution in [-0.4, -0.2) is 43.4 Å². The summed E-state index contributed by atoms with van der Waals surface area (Å²) < 4.78 is 5.61. The maximum Gasteiger partial charge on any atom is 0.119 e. The molecule has 24 heavy (non-hydrogen) atoms. The second-order valence-corrected chi connectivity index (χ2v) is 6.61. The van der Waals surface area contributed by atoms with Crippen LogP contribution in [0.5, 0.6) is 5.75 Å². The van der Waals surface area contributed by atoms with Crippen LogP contribution >= 0.6 is 11.6 Å². The van der Waals surface area contributed by atoms with Gasteiger partial charge in [-0.3, -0.25) is 0 Å². The van der Waals surface area contributed by atoms with Gasteiger partial charge in [-0.25, -0.2) is 0 Å². The van der Waals surface area contributed by atoms with Gasteiger partial charge in [-0.05, 0) is 63.0 Å². The largest absolute Gasteiger partial charge is 0.491 e. The Morgan fingerprint density at radius 1 is 1.08 bits per heavy atom. The zero-order chi connectivity index (χ0) is 17.5. The van der Waals surface area contributed by atoms with E-state index in [-0.39, 0.29) is 12.6 Å². The van der Waals surface area contributed by atoms with Gasteiger partial charge in [0.2, 0.25) is 0 Å². The van der Waals surface area contributed by atoms with E-state index < -0.39 is 6.10 Å². The molecule has 0 radical (unpaired) electrons. The van der Waals surface area contributed by atoms with E-state index in [4.69, 9.17) is 16.3 Å². The van der Waals surface area contributed by atoms with Crippen molar-refractivity contribution in [2.75, 3.05) is 32.6 Å². The molecule has 0 aliphatic rings. The van der Waals surface area contributed by atoms with Crippen molar-refractivity contribution in [3.8, 4) is 5.75 Å². The normalized spacial score (nSPS) is 13.6. The molecule has 130 valence electrons. The lowest BCUT2D eigenvalue weighted by atomic mass is 10.1. The van der Waals surface area contributed by atoms with Gasteiger partial charge in [0.15, 0.2) is 0 Å². The van der Waals surface area contributed by atoms with E-state index in [0.717, 1.165) is 16.5 Å². The Morgan fingerprint density at radius 3 is 2.29 bits per heavy atom. The van der Waals surface area contributed by atoms with Gasteiger partial charge in [-0.1, -0.05) is 23.7 Å². The van der Waals surface area contributed by atoms with Gasteiger partial charge in [0.1, 0.15) is 18.5 Å². The highest BCUT2D eigenvalue weighted by Crippen LogP contribution is 2.22. The van der Waals surface area contributed by atoms with E-state index in [1.807, 2.05) is 67.5 Å². The summed E-state index contributed by atoms with van der Waals surface area (Å²) in [7, 11) is 3.84. The van der Waals surface area contributed by atoms with Crippen LogP contribution in [0.3, 0.4) is 0 Å². The predicted octanol–water partition coefficient (Wildman–Crippen LogP) is 3.81. The molecule has 0 fully saturated rings. The lowest BCUT2D eigenvalue weighted by Gasteiger charge is -2.18. The lowest BCUT2D eigenvalue weighted by molar-refractivity contribution is 0.0831. The number of nitrogens with one attached hydrogen (secondary N) is 1. The Bertz CT molecular complexity index is 614. The maximum absolute atomic E-state index is 9.81. The highest BCUT2D eigenvalue weighted by atomic mass is 35.5. The second-order valence-electron chi connectivity index (χ2n) is 6.17. The third-order valence-electron chi connectivity index (χ3n) is 3.63. The van der Waals surface area contributed by atoms with Crippen molar-refractivity contribution in [3.05, 3.63) is 59.1 Å². The fourth-order valence-electron chi connectivity index (χ4n) is 2.40. The monoisotopic (exact) mass is 348 g/mol. The van der Waals surface area contributed by atoms with Crippen molar-refractivity contribution < 1.29 is 9.84 Å². The molecule has 2 N–H and O–H groups in total. The first-order valence-corrected chi connectivity index (χ1v) is 8.39. The van der Waals surface area contributed by atoms with Gasteiger partial charge in [-0.15, -0.1) is 0 Å². The first kappa shape index (κ1) is 18.6. The Hall–Kier alpha value is -1.75. The van der Waals surface area contributed by atoms with Crippen LogP contribution in [0, 0.1) is 0 Å². The standard InChI is InChI=1S/C19H25ClN2O2/c1-14(15-4-6-16(20)7-5-15)21-17-8-10-19(11-9-17)24-13-18(23)12-22(2)3/h4-11,14,18,21,23H,12-13H2,1-3H3. The zero-order valence-corrected chi connectivity index (χ0v) is 15.1. The SMILES string of the molecule is CC(Nc1ccc(OCC(O)CN(C)C)cc1)c1ccc(Cl)cc1. The van der Waals surface area contributed by atoms with Crippen molar-refractivity contribution in [2.45, 2.75) is 19.1 Å². The van der Waals surface area contributed by atoms with Crippen LogP contribution in [0.1, 0.15) is 18.5 Å². The summed E-state index contributed by atoms with van der Waals surface area (Å²) in [6.07, 6.45) is -0.497. The van der Waals surface area contributed by atoms with E-state index in [0.29, 0.717) is 6.54 Å². The third-order valence-corrected chi connectivity index (χ3v) is 3.88. The number of halogens is 1. The molecule has 0 amide bonds. The molecular weight excluding hydrogens is 324 g/mol. The molecule has 0 aliphatic heterocycles. The Kier molecular flexibility index (Phi) is 6.91. The number of aliphatic hydroxyl groups excluding tert-OH is 1. The molecule has 2 atom stereocenters. The van der Waals surface area contributed by atoms with E-state index >= 15 is 0 Å². The average molecular weight is 349 g/mol. The van der Waals surface area contributed by atoms with Crippen molar-refractivity contribution in [3.63, 3.8) is 0 Å². The number of hydrogen-bond acceptors (Lipinski definition) is 4.